The van der Waals surface area contributed by atoms with Crippen LogP contribution < -0.4 is 9.62 Å². The average Bonchev–Trinajstić information content (AvgIpc) is 3.27. The van der Waals surface area contributed by atoms with Crippen LogP contribution in [-0.2, 0) is 14.8 Å². The summed E-state index contributed by atoms with van der Waals surface area (Å²) in [6.07, 6.45) is 6.24. The molecule has 0 spiro atoms. The molecule has 2 aliphatic rings. The van der Waals surface area contributed by atoms with Crippen molar-refractivity contribution in [1.82, 2.24) is 10.2 Å². The zero-order chi connectivity index (χ0) is 21.8. The molecule has 0 aliphatic carbocycles. The molecule has 1 aromatic carbocycles. The Labute approximate surface area is 182 Å². The van der Waals surface area contributed by atoms with Crippen molar-refractivity contribution in [2.45, 2.75) is 38.1 Å². The molecule has 2 fully saturated rings. The number of amides is 2. The van der Waals surface area contributed by atoms with Gasteiger partial charge >= 0.3 is 0 Å². The quantitative estimate of drug-likeness (QED) is 0.734. The zero-order valence-corrected chi connectivity index (χ0v) is 18.1. The number of anilines is 1. The molecule has 1 aromatic heterocycles. The molecule has 2 saturated heterocycles. The summed E-state index contributed by atoms with van der Waals surface area (Å²) in [5, 5.41) is 2.96. The first-order valence-corrected chi connectivity index (χ1v) is 12.3. The Morgan fingerprint density at radius 1 is 1.10 bits per heavy atom. The molecule has 0 bridgehead atoms. The van der Waals surface area contributed by atoms with Crippen LogP contribution in [0.1, 0.15) is 54.3 Å². The monoisotopic (exact) mass is 445 g/mol. The molecule has 31 heavy (non-hydrogen) atoms. The molecule has 1 atom stereocenters. The molecule has 8 nitrogen and oxygen atoms in total. The lowest BCUT2D eigenvalue weighted by Gasteiger charge is -2.29. The third kappa shape index (κ3) is 4.83. The third-order valence-corrected chi connectivity index (χ3v) is 7.52. The molecule has 1 N–H and O–H groups in total. The Morgan fingerprint density at radius 3 is 2.52 bits per heavy atom. The standard InChI is InChI=1S/C22H27N3O5S/c26-21-10-14-31(28,29)25(21)18-8-5-7-17(15-18)22(27)23-16-19(20-9-6-13-30-20)24-11-3-1-2-4-12-24/h5-9,13,15,19H,1-4,10-12,14,16H2,(H,23,27)/t19-/m0/s1. The topological polar surface area (TPSA) is 99.9 Å². The van der Waals surface area contributed by atoms with Crippen LogP contribution >= 0.6 is 0 Å². The van der Waals surface area contributed by atoms with Gasteiger partial charge in [-0.25, -0.2) is 12.7 Å². The highest BCUT2D eigenvalue weighted by atomic mass is 32.2. The average molecular weight is 446 g/mol. The van der Waals surface area contributed by atoms with E-state index in [0.29, 0.717) is 12.1 Å². The molecule has 2 aromatic rings. The molecule has 166 valence electrons. The predicted molar refractivity (Wildman–Crippen MR) is 116 cm³/mol. The molecule has 2 aliphatic heterocycles. The second kappa shape index (κ2) is 9.23. The second-order valence-corrected chi connectivity index (χ2v) is 9.90. The number of carbonyl (C=O) groups is 2. The van der Waals surface area contributed by atoms with Crippen LogP contribution in [-0.4, -0.2) is 50.5 Å². The van der Waals surface area contributed by atoms with Crippen LogP contribution in [0, 0.1) is 0 Å². The summed E-state index contributed by atoms with van der Waals surface area (Å²) in [6, 6.07) is 9.88. The van der Waals surface area contributed by atoms with Crippen LogP contribution in [0.2, 0.25) is 0 Å². The van der Waals surface area contributed by atoms with Crippen molar-refractivity contribution in [3.8, 4) is 0 Å². The molecule has 3 heterocycles. The van der Waals surface area contributed by atoms with Gasteiger partial charge in [-0.05, 0) is 56.3 Å². The molecule has 0 unspecified atom stereocenters. The summed E-state index contributed by atoms with van der Waals surface area (Å²) in [5.74, 6) is -0.193. The van der Waals surface area contributed by atoms with Crippen LogP contribution in [0.4, 0.5) is 5.69 Å². The smallest absolute Gasteiger partial charge is 0.251 e. The number of benzene rings is 1. The van der Waals surface area contributed by atoms with Gasteiger partial charge in [0.15, 0.2) is 0 Å². The number of hydrogen-bond acceptors (Lipinski definition) is 6. The maximum absolute atomic E-state index is 12.9. The van der Waals surface area contributed by atoms with Crippen molar-refractivity contribution in [3.05, 3.63) is 54.0 Å². The first-order valence-electron chi connectivity index (χ1n) is 10.7. The van der Waals surface area contributed by atoms with Crippen molar-refractivity contribution < 1.29 is 22.4 Å². The Kier molecular flexibility index (Phi) is 6.43. The van der Waals surface area contributed by atoms with Crippen molar-refractivity contribution >= 4 is 27.5 Å². The van der Waals surface area contributed by atoms with E-state index in [-0.39, 0.29) is 29.8 Å². The van der Waals surface area contributed by atoms with Gasteiger partial charge in [-0.3, -0.25) is 14.5 Å². The number of rotatable bonds is 6. The largest absolute Gasteiger partial charge is 0.468 e. The molecule has 0 radical (unpaired) electrons. The van der Waals surface area contributed by atoms with Gasteiger partial charge in [0.1, 0.15) is 5.76 Å². The van der Waals surface area contributed by atoms with E-state index in [1.54, 1.807) is 18.4 Å². The Hall–Kier alpha value is -2.65. The van der Waals surface area contributed by atoms with E-state index in [0.717, 1.165) is 36.0 Å². The van der Waals surface area contributed by atoms with E-state index in [1.807, 2.05) is 12.1 Å². The SMILES string of the molecule is O=C(NC[C@@H](c1ccco1)N1CCCCCC1)c1cccc(N2C(=O)CCS2(=O)=O)c1. The summed E-state index contributed by atoms with van der Waals surface area (Å²) < 4.78 is 30.8. The molecular weight excluding hydrogens is 418 g/mol. The third-order valence-electron chi connectivity index (χ3n) is 5.83. The number of nitrogens with zero attached hydrogens (tertiary/aromatic N) is 2. The number of likely N-dealkylation sites (tertiary alicyclic amines) is 1. The minimum Gasteiger partial charge on any atom is -0.468 e. The molecule has 4 rings (SSSR count). The van der Waals surface area contributed by atoms with Crippen LogP contribution in [0.15, 0.2) is 47.1 Å². The fourth-order valence-corrected chi connectivity index (χ4v) is 5.68. The van der Waals surface area contributed by atoms with Crippen LogP contribution in [0.25, 0.3) is 0 Å². The van der Waals surface area contributed by atoms with Gasteiger partial charge in [0.25, 0.3) is 5.91 Å². The van der Waals surface area contributed by atoms with E-state index < -0.39 is 15.9 Å². The minimum atomic E-state index is -3.67. The normalized spacial score (nSPS) is 20.4. The van der Waals surface area contributed by atoms with Gasteiger partial charge in [-0.15, -0.1) is 0 Å². The van der Waals surface area contributed by atoms with Gasteiger partial charge in [0, 0.05) is 18.5 Å². The van der Waals surface area contributed by atoms with Crippen molar-refractivity contribution in [1.29, 1.82) is 0 Å². The van der Waals surface area contributed by atoms with E-state index in [2.05, 4.69) is 10.2 Å². The Balaban J connectivity index is 1.49. The lowest BCUT2D eigenvalue weighted by atomic mass is 10.1. The number of furan rings is 1. The van der Waals surface area contributed by atoms with Crippen LogP contribution in [0.3, 0.4) is 0 Å². The fourth-order valence-electron chi connectivity index (χ4n) is 4.23. The highest BCUT2D eigenvalue weighted by Crippen LogP contribution is 2.27. The molecule has 2 amide bonds. The number of nitrogens with one attached hydrogen (secondary N) is 1. The van der Waals surface area contributed by atoms with E-state index in [9.17, 15) is 18.0 Å². The summed E-state index contributed by atoms with van der Waals surface area (Å²) in [7, 11) is -3.67. The van der Waals surface area contributed by atoms with Crippen molar-refractivity contribution in [3.63, 3.8) is 0 Å². The van der Waals surface area contributed by atoms with Gasteiger partial charge in [0.2, 0.25) is 15.9 Å². The fraction of sp³-hybridized carbons (Fsp3) is 0.455. The lowest BCUT2D eigenvalue weighted by molar-refractivity contribution is -0.116. The van der Waals surface area contributed by atoms with Gasteiger partial charge < -0.3 is 9.73 Å². The van der Waals surface area contributed by atoms with Gasteiger partial charge in [0.05, 0.1) is 23.7 Å². The number of carbonyl (C=O) groups excluding carboxylic acids is 2. The van der Waals surface area contributed by atoms with Crippen molar-refractivity contribution in [2.75, 3.05) is 29.7 Å². The highest BCUT2D eigenvalue weighted by Gasteiger charge is 2.36. The second-order valence-electron chi connectivity index (χ2n) is 7.97. The summed E-state index contributed by atoms with van der Waals surface area (Å²) in [4.78, 5) is 27.3. The lowest BCUT2D eigenvalue weighted by Crippen LogP contribution is -2.38. The van der Waals surface area contributed by atoms with Crippen LogP contribution in [0.5, 0.6) is 0 Å². The number of sulfonamides is 1. The van der Waals surface area contributed by atoms with Gasteiger partial charge in [-0.2, -0.15) is 0 Å². The first kappa shape index (κ1) is 21.6. The van der Waals surface area contributed by atoms with E-state index >= 15 is 0 Å². The number of hydrogen-bond donors (Lipinski definition) is 1. The first-order chi connectivity index (χ1) is 15.0. The minimum absolute atomic E-state index is 0.0422. The predicted octanol–water partition coefficient (Wildman–Crippen LogP) is 2.69. The Bertz CT molecular complexity index is 1030. The molecule has 0 saturated carbocycles. The maximum atomic E-state index is 12.9. The van der Waals surface area contributed by atoms with Gasteiger partial charge in [-0.1, -0.05) is 18.9 Å². The van der Waals surface area contributed by atoms with Crippen molar-refractivity contribution in [2.24, 2.45) is 0 Å². The zero-order valence-electron chi connectivity index (χ0n) is 17.3. The Morgan fingerprint density at radius 2 is 1.87 bits per heavy atom. The molecular formula is C22H27N3O5S. The summed E-state index contributed by atoms with van der Waals surface area (Å²) in [6.45, 7) is 2.27. The highest BCUT2D eigenvalue weighted by molar-refractivity contribution is 7.94. The maximum Gasteiger partial charge on any atom is 0.251 e. The van der Waals surface area contributed by atoms with E-state index in [4.69, 9.17) is 4.42 Å². The summed E-state index contributed by atoms with van der Waals surface area (Å²) in [5.41, 5.74) is 0.506. The molecule has 9 heteroatoms. The summed E-state index contributed by atoms with van der Waals surface area (Å²) >= 11 is 0. The van der Waals surface area contributed by atoms with E-state index in [1.165, 1.54) is 25.0 Å².